The van der Waals surface area contributed by atoms with E-state index in [0.29, 0.717) is 36.0 Å². The highest BCUT2D eigenvalue weighted by molar-refractivity contribution is 6.36. The van der Waals surface area contributed by atoms with Gasteiger partial charge in [0.05, 0.1) is 16.7 Å². The fraction of sp³-hybridized carbons (Fsp3) is 0.227. The van der Waals surface area contributed by atoms with Crippen LogP contribution in [0.15, 0.2) is 40.1 Å². The molecular weight excluding hydrogens is 470 g/mol. The number of nitrogens with zero attached hydrogens (tertiary/aromatic N) is 4. The average molecular weight is 489 g/mol. The van der Waals surface area contributed by atoms with E-state index < -0.39 is 11.9 Å². The summed E-state index contributed by atoms with van der Waals surface area (Å²) in [6, 6.07) is 2.60. The Labute approximate surface area is 198 Å². The second-order valence-corrected chi connectivity index (χ2v) is 8.16. The van der Waals surface area contributed by atoms with Crippen LogP contribution in [0.1, 0.15) is 30.6 Å². The highest BCUT2D eigenvalue weighted by atomic mass is 35.5. The number of hydrogen-bond acceptors (Lipinski definition) is 6. The number of nitrogens with two attached hydrogens (primary N) is 2. The summed E-state index contributed by atoms with van der Waals surface area (Å²) >= 11 is 12.4. The number of nitrogen functional groups attached to an aromatic ring is 1. The van der Waals surface area contributed by atoms with Crippen LogP contribution in [0.4, 0.5) is 10.2 Å². The molecule has 4 N–H and O–H groups in total. The first kappa shape index (κ1) is 22.7. The molecule has 3 heterocycles. The van der Waals surface area contributed by atoms with Crippen molar-refractivity contribution in [2.45, 2.75) is 19.4 Å². The number of guanidine groups is 1. The first-order valence-electron chi connectivity index (χ1n) is 9.94. The van der Waals surface area contributed by atoms with Gasteiger partial charge in [0, 0.05) is 35.4 Å². The molecule has 0 spiro atoms. The van der Waals surface area contributed by atoms with Crippen molar-refractivity contribution in [2.24, 2.45) is 10.7 Å². The summed E-state index contributed by atoms with van der Waals surface area (Å²) in [4.78, 5) is 9.62. The van der Waals surface area contributed by atoms with Gasteiger partial charge in [0.25, 0.3) is 0 Å². The van der Waals surface area contributed by atoms with Crippen molar-refractivity contribution < 1.29 is 13.5 Å². The second kappa shape index (κ2) is 9.17. The van der Waals surface area contributed by atoms with Gasteiger partial charge in [-0.15, -0.1) is 4.99 Å². The van der Waals surface area contributed by atoms with Crippen LogP contribution in [0.2, 0.25) is 10.0 Å². The molecule has 8 nitrogen and oxygen atoms in total. The maximum Gasteiger partial charge on any atom is 0.209 e. The molecule has 1 atom stereocenters. The molecule has 0 saturated heterocycles. The third-order valence-corrected chi connectivity index (χ3v) is 6.14. The topological polar surface area (TPSA) is 127 Å². The standard InChI is InChI=1S/C22H19Cl2FN6O2/c1-11(17-15(23)2-3-16(25)18(17)24)33-20-19-13(8-29-21(20)27)14(9-32-19)12-4-6-31(7-5-12)22(28)30-10-26/h2-4,8-9,11H,5-7H2,1H3,(H2,27,29)(H2,28,30)/t11-/m1/s1. The van der Waals surface area contributed by atoms with E-state index in [9.17, 15) is 4.39 Å². The number of halogens is 3. The molecule has 0 radical (unpaired) electrons. The van der Waals surface area contributed by atoms with Crippen molar-refractivity contribution in [1.82, 2.24) is 9.88 Å². The third-order valence-electron chi connectivity index (χ3n) is 5.43. The zero-order valence-electron chi connectivity index (χ0n) is 17.5. The van der Waals surface area contributed by atoms with Crippen LogP contribution in [0.25, 0.3) is 16.5 Å². The lowest BCUT2D eigenvalue weighted by molar-refractivity contribution is 0.227. The van der Waals surface area contributed by atoms with Crippen LogP contribution in [0, 0.1) is 17.3 Å². The number of furan rings is 1. The minimum Gasteiger partial charge on any atom is -0.478 e. The Morgan fingerprint density at radius 1 is 1.42 bits per heavy atom. The summed E-state index contributed by atoms with van der Waals surface area (Å²) in [5, 5.41) is 9.54. The number of nitriles is 1. The molecule has 1 aliphatic rings. The predicted octanol–water partition coefficient (Wildman–Crippen LogP) is 4.88. The minimum atomic E-state index is -0.728. The number of benzene rings is 1. The van der Waals surface area contributed by atoms with Crippen molar-refractivity contribution in [2.75, 3.05) is 18.8 Å². The predicted molar refractivity (Wildman–Crippen MR) is 125 cm³/mol. The number of hydrogen-bond donors (Lipinski definition) is 2. The number of rotatable bonds is 4. The van der Waals surface area contributed by atoms with E-state index in [-0.39, 0.29) is 27.6 Å². The number of aromatic nitrogens is 1. The smallest absolute Gasteiger partial charge is 0.209 e. The van der Waals surface area contributed by atoms with Gasteiger partial charge in [0.1, 0.15) is 11.9 Å². The van der Waals surface area contributed by atoms with Crippen molar-refractivity contribution in [3.63, 3.8) is 0 Å². The van der Waals surface area contributed by atoms with Crippen molar-refractivity contribution >= 4 is 51.5 Å². The Balaban J connectivity index is 1.66. The molecule has 33 heavy (non-hydrogen) atoms. The molecule has 1 aliphatic heterocycles. The molecule has 3 aromatic rings. The molecule has 1 aromatic carbocycles. The maximum absolute atomic E-state index is 14.0. The second-order valence-electron chi connectivity index (χ2n) is 7.38. The maximum atomic E-state index is 14.0. The molecule has 0 fully saturated rings. The van der Waals surface area contributed by atoms with Crippen LogP contribution >= 0.6 is 23.2 Å². The van der Waals surface area contributed by atoms with Gasteiger partial charge in [0.2, 0.25) is 17.9 Å². The number of ether oxygens (including phenoxy) is 1. The lowest BCUT2D eigenvalue weighted by Gasteiger charge is -2.26. The van der Waals surface area contributed by atoms with Crippen molar-refractivity contribution in [1.29, 1.82) is 5.26 Å². The fourth-order valence-electron chi connectivity index (χ4n) is 3.74. The van der Waals surface area contributed by atoms with E-state index in [4.69, 9.17) is 49.1 Å². The van der Waals surface area contributed by atoms with Gasteiger partial charge in [-0.3, -0.25) is 0 Å². The lowest BCUT2D eigenvalue weighted by Crippen LogP contribution is -2.39. The van der Waals surface area contributed by atoms with Gasteiger partial charge in [-0.25, -0.2) is 9.37 Å². The van der Waals surface area contributed by atoms with Gasteiger partial charge in [-0.1, -0.05) is 29.3 Å². The van der Waals surface area contributed by atoms with Gasteiger partial charge < -0.3 is 25.5 Å². The number of anilines is 1. The third kappa shape index (κ3) is 4.27. The normalized spacial score (nSPS) is 15.3. The van der Waals surface area contributed by atoms with E-state index in [1.165, 1.54) is 12.1 Å². The van der Waals surface area contributed by atoms with Crippen molar-refractivity contribution in [3.05, 3.63) is 57.7 Å². The Kier molecular flexibility index (Phi) is 6.31. The van der Waals surface area contributed by atoms with E-state index in [1.54, 1.807) is 30.5 Å². The first-order valence-corrected chi connectivity index (χ1v) is 10.7. The molecule has 0 saturated carbocycles. The van der Waals surface area contributed by atoms with Crippen LogP contribution < -0.4 is 16.2 Å². The zero-order valence-corrected chi connectivity index (χ0v) is 19.0. The van der Waals surface area contributed by atoms with Crippen LogP contribution in [0.5, 0.6) is 5.75 Å². The number of pyridine rings is 1. The quantitative estimate of drug-likeness (QED) is 0.231. The van der Waals surface area contributed by atoms with Gasteiger partial charge in [-0.2, -0.15) is 5.26 Å². The lowest BCUT2D eigenvalue weighted by atomic mass is 9.99. The number of aliphatic imine (C=N–C) groups is 1. The molecule has 4 rings (SSSR count). The van der Waals surface area contributed by atoms with E-state index >= 15 is 0 Å². The Morgan fingerprint density at radius 2 is 2.21 bits per heavy atom. The summed E-state index contributed by atoms with van der Waals surface area (Å²) in [5.74, 6) is -0.0947. The summed E-state index contributed by atoms with van der Waals surface area (Å²) in [5.41, 5.74) is 14.4. The van der Waals surface area contributed by atoms with E-state index in [1.807, 2.05) is 6.08 Å². The molecule has 0 amide bonds. The van der Waals surface area contributed by atoms with E-state index in [0.717, 1.165) is 11.1 Å². The first-order chi connectivity index (χ1) is 15.8. The number of fused-ring (bicyclic) bond motifs is 1. The molecule has 0 aliphatic carbocycles. The zero-order chi connectivity index (χ0) is 23.7. The van der Waals surface area contributed by atoms with E-state index in [2.05, 4.69) is 9.98 Å². The van der Waals surface area contributed by atoms with Gasteiger partial charge in [0.15, 0.2) is 11.4 Å². The Hall–Kier alpha value is -3.48. The largest absolute Gasteiger partial charge is 0.478 e. The summed E-state index contributed by atoms with van der Waals surface area (Å²) in [6.07, 6.45) is 6.83. The molecule has 0 bridgehead atoms. The van der Waals surface area contributed by atoms with Gasteiger partial charge >= 0.3 is 0 Å². The fourth-order valence-corrected chi connectivity index (χ4v) is 4.42. The monoisotopic (exact) mass is 488 g/mol. The molecule has 170 valence electrons. The average Bonchev–Trinajstić information content (AvgIpc) is 3.23. The Morgan fingerprint density at radius 3 is 2.91 bits per heavy atom. The summed E-state index contributed by atoms with van der Waals surface area (Å²) < 4.78 is 25.8. The van der Waals surface area contributed by atoms with Crippen LogP contribution in [0.3, 0.4) is 0 Å². The van der Waals surface area contributed by atoms with Gasteiger partial charge in [-0.05, 0) is 31.1 Å². The Bertz CT molecular complexity index is 1330. The van der Waals surface area contributed by atoms with Crippen LogP contribution in [-0.4, -0.2) is 28.9 Å². The highest BCUT2D eigenvalue weighted by Crippen LogP contribution is 2.41. The SMILES string of the molecule is C[C@@H](Oc1c(N)ncc2c(C3=CCN(C(N)=NC#N)CC3)coc12)c1c(Cl)ccc(F)c1Cl. The highest BCUT2D eigenvalue weighted by Gasteiger charge is 2.24. The molecular formula is C22H19Cl2FN6O2. The minimum absolute atomic E-state index is 0.114. The molecule has 0 unspecified atom stereocenters. The summed E-state index contributed by atoms with van der Waals surface area (Å²) in [7, 11) is 0. The molecule has 11 heteroatoms. The summed E-state index contributed by atoms with van der Waals surface area (Å²) in [6.45, 7) is 2.77. The van der Waals surface area contributed by atoms with Crippen LogP contribution in [-0.2, 0) is 0 Å². The molecule has 2 aromatic heterocycles. The van der Waals surface area contributed by atoms with Crippen molar-refractivity contribution in [3.8, 4) is 11.9 Å².